The predicted octanol–water partition coefficient (Wildman–Crippen LogP) is 6.38. The van der Waals surface area contributed by atoms with Crippen LogP contribution < -0.4 is 0 Å². The van der Waals surface area contributed by atoms with Gasteiger partial charge in [0.1, 0.15) is 21.6 Å². The first kappa shape index (κ1) is 24.9. The molecule has 0 saturated heterocycles. The number of phenols is 1. The number of carbonyl (C=O) groups is 1. The summed E-state index contributed by atoms with van der Waals surface area (Å²) in [6.07, 6.45) is 1.88. The summed E-state index contributed by atoms with van der Waals surface area (Å²) in [4.78, 5) is 13.8. The van der Waals surface area contributed by atoms with E-state index in [2.05, 4.69) is 0 Å². The molecule has 0 atom stereocenters. The molecule has 0 spiro atoms. The average Bonchev–Trinajstić information content (AvgIpc) is 2.99. The number of benzene rings is 1. The number of nitrogens with zero attached hydrogens (tertiary/aromatic N) is 3. The number of carbonyl (C=O) groups excluding carboxylic acids is 1. The van der Waals surface area contributed by atoms with Crippen molar-refractivity contribution in [3.63, 3.8) is 0 Å². The molecule has 0 saturated carbocycles. The number of aromatic nitrogens is 1. The van der Waals surface area contributed by atoms with Crippen LogP contribution in [-0.2, 0) is 23.8 Å². The van der Waals surface area contributed by atoms with Gasteiger partial charge in [0, 0.05) is 30.9 Å². The van der Waals surface area contributed by atoms with E-state index in [0.29, 0.717) is 22.0 Å². The van der Waals surface area contributed by atoms with Crippen molar-refractivity contribution in [1.82, 2.24) is 4.57 Å². The number of phenolic OH excluding ortho intramolecular Hbond substituents is 1. The number of hydrogen-bond donors (Lipinski definition) is 1. The Bertz CT molecular complexity index is 1040. The minimum Gasteiger partial charge on any atom is -0.507 e. The highest BCUT2D eigenvalue weighted by Gasteiger charge is 2.28. The van der Waals surface area contributed by atoms with Gasteiger partial charge in [-0.05, 0) is 46.2 Å². The molecule has 1 aromatic carbocycles. The molecule has 0 bridgehead atoms. The summed E-state index contributed by atoms with van der Waals surface area (Å²) >= 11 is 1.88. The Balaban J connectivity index is 2.59. The number of hydrogen-bond acceptors (Lipinski definition) is 6. The van der Waals surface area contributed by atoms with Crippen molar-refractivity contribution in [3.05, 3.63) is 40.6 Å². The second-order valence-corrected chi connectivity index (χ2v) is 11.1. The normalized spacial score (nSPS) is 11.8. The van der Waals surface area contributed by atoms with Crippen LogP contribution in [0.5, 0.6) is 5.75 Å². The van der Waals surface area contributed by atoms with Crippen molar-refractivity contribution in [2.24, 2.45) is 0 Å². The number of aryl methyl sites for hydroxylation is 1. The molecule has 2 aromatic rings. The summed E-state index contributed by atoms with van der Waals surface area (Å²) < 4.78 is 1.83. The first-order valence-corrected chi connectivity index (χ1v) is 11.7. The van der Waals surface area contributed by atoms with Crippen LogP contribution in [0.1, 0.15) is 75.5 Å². The number of thiocyanates is 2. The Labute approximate surface area is 193 Å². The van der Waals surface area contributed by atoms with Crippen LogP contribution in [-0.4, -0.2) is 15.5 Å². The Morgan fingerprint density at radius 2 is 1.55 bits per heavy atom. The van der Waals surface area contributed by atoms with Crippen molar-refractivity contribution in [2.45, 2.75) is 82.2 Å². The minimum absolute atomic E-state index is 0.116. The lowest BCUT2D eigenvalue weighted by Crippen LogP contribution is -2.18. The fourth-order valence-electron chi connectivity index (χ4n) is 3.47. The highest BCUT2D eigenvalue weighted by atomic mass is 32.2. The van der Waals surface area contributed by atoms with Crippen LogP contribution >= 0.6 is 23.5 Å². The van der Waals surface area contributed by atoms with Crippen molar-refractivity contribution < 1.29 is 9.90 Å². The van der Waals surface area contributed by atoms with Crippen LogP contribution in [0.15, 0.2) is 28.3 Å². The maximum Gasteiger partial charge on any atom is 0.169 e. The van der Waals surface area contributed by atoms with E-state index < -0.39 is 0 Å². The van der Waals surface area contributed by atoms with Crippen LogP contribution in [0.4, 0.5) is 0 Å². The molecule has 0 unspecified atom stereocenters. The molecule has 1 heterocycles. The smallest absolute Gasteiger partial charge is 0.169 e. The number of ketones is 1. The zero-order valence-corrected chi connectivity index (χ0v) is 20.8. The third-order valence-electron chi connectivity index (χ3n) is 5.07. The fourth-order valence-corrected chi connectivity index (χ4v) is 4.88. The third-order valence-corrected chi connectivity index (χ3v) is 6.63. The van der Waals surface area contributed by atoms with Gasteiger partial charge < -0.3 is 9.67 Å². The van der Waals surface area contributed by atoms with E-state index in [1.54, 1.807) is 6.20 Å². The number of thioether (sulfide) groups is 2. The van der Waals surface area contributed by atoms with Crippen LogP contribution in [0.2, 0.25) is 0 Å². The van der Waals surface area contributed by atoms with Crippen molar-refractivity contribution in [3.8, 4) is 16.6 Å². The van der Waals surface area contributed by atoms with E-state index in [-0.39, 0.29) is 28.8 Å². The van der Waals surface area contributed by atoms with Gasteiger partial charge in [-0.15, -0.1) is 0 Å². The molecule has 7 heteroatoms. The molecule has 0 aliphatic rings. The first-order valence-electron chi connectivity index (χ1n) is 10.1. The first-order chi connectivity index (χ1) is 14.3. The van der Waals surface area contributed by atoms with Gasteiger partial charge in [-0.2, -0.15) is 10.5 Å². The van der Waals surface area contributed by atoms with Crippen molar-refractivity contribution in [2.75, 3.05) is 0 Å². The molecule has 5 nitrogen and oxygen atoms in total. The molecule has 0 radical (unpaired) electrons. The lowest BCUT2D eigenvalue weighted by atomic mass is 9.78. The SMILES string of the molecule is CCn1cc(C(=O)Cc2cc(C(C)(C)C)c(O)c(C(C)(C)C)c2)c(SC#N)c1SC#N. The second-order valence-electron chi connectivity index (χ2n) is 9.49. The van der Waals surface area contributed by atoms with Crippen LogP contribution in [0.25, 0.3) is 0 Å². The zero-order valence-electron chi connectivity index (χ0n) is 19.2. The van der Waals surface area contributed by atoms with Gasteiger partial charge in [-0.1, -0.05) is 53.7 Å². The molecule has 0 aliphatic heterocycles. The highest BCUT2D eigenvalue weighted by molar-refractivity contribution is 8.06. The molecule has 31 heavy (non-hydrogen) atoms. The second kappa shape index (κ2) is 9.42. The Morgan fingerprint density at radius 3 is 1.97 bits per heavy atom. The Morgan fingerprint density at radius 1 is 1.03 bits per heavy atom. The van der Waals surface area contributed by atoms with E-state index in [1.807, 2.05) is 76.0 Å². The van der Waals surface area contributed by atoms with E-state index in [1.165, 1.54) is 0 Å². The molecule has 1 N–H and O–H groups in total. The summed E-state index contributed by atoms with van der Waals surface area (Å²) in [6, 6.07) is 3.81. The number of nitriles is 2. The van der Waals surface area contributed by atoms with Gasteiger partial charge in [0.25, 0.3) is 0 Å². The lowest BCUT2D eigenvalue weighted by molar-refractivity contribution is 0.0990. The van der Waals surface area contributed by atoms with Crippen molar-refractivity contribution in [1.29, 1.82) is 10.5 Å². The van der Waals surface area contributed by atoms with E-state index in [9.17, 15) is 15.2 Å². The maximum atomic E-state index is 13.3. The molecule has 2 rings (SSSR count). The van der Waals surface area contributed by atoms with E-state index >= 15 is 0 Å². The molecular formula is C24H29N3O2S2. The minimum atomic E-state index is -0.285. The largest absolute Gasteiger partial charge is 0.507 e. The van der Waals surface area contributed by atoms with E-state index in [4.69, 9.17) is 5.26 Å². The highest BCUT2D eigenvalue weighted by Crippen LogP contribution is 2.40. The summed E-state index contributed by atoms with van der Waals surface area (Å²) in [5.74, 6) is 0.164. The third kappa shape index (κ3) is 5.47. The number of aromatic hydroxyl groups is 1. The number of rotatable bonds is 6. The molecule has 164 valence electrons. The van der Waals surface area contributed by atoms with Gasteiger partial charge in [0.2, 0.25) is 0 Å². The quantitative estimate of drug-likeness (QED) is 0.309. The average molecular weight is 456 g/mol. The monoisotopic (exact) mass is 455 g/mol. The van der Waals surface area contributed by atoms with Crippen LogP contribution in [0, 0.1) is 21.3 Å². The maximum absolute atomic E-state index is 13.3. The molecule has 0 fully saturated rings. The lowest BCUT2D eigenvalue weighted by Gasteiger charge is -2.28. The van der Waals surface area contributed by atoms with Gasteiger partial charge in [0.15, 0.2) is 5.78 Å². The summed E-state index contributed by atoms with van der Waals surface area (Å²) in [5.41, 5.74) is 2.32. The van der Waals surface area contributed by atoms with Gasteiger partial charge in [0.05, 0.1) is 10.5 Å². The summed E-state index contributed by atoms with van der Waals surface area (Å²) in [5, 5.41) is 34.0. The van der Waals surface area contributed by atoms with E-state index in [0.717, 1.165) is 40.2 Å². The summed E-state index contributed by atoms with van der Waals surface area (Å²) in [6.45, 7) is 14.7. The molecule has 0 amide bonds. The summed E-state index contributed by atoms with van der Waals surface area (Å²) in [7, 11) is 0. The van der Waals surface area contributed by atoms with Crippen LogP contribution in [0.3, 0.4) is 0 Å². The molecule has 1 aromatic heterocycles. The van der Waals surface area contributed by atoms with Gasteiger partial charge >= 0.3 is 0 Å². The number of Topliss-reactive ketones (excluding diaryl/α,β-unsaturated/α-hetero) is 1. The van der Waals surface area contributed by atoms with Gasteiger partial charge in [-0.25, -0.2) is 0 Å². The topological polar surface area (TPSA) is 89.8 Å². The Kier molecular flexibility index (Phi) is 7.57. The predicted molar refractivity (Wildman–Crippen MR) is 127 cm³/mol. The molecule has 0 aliphatic carbocycles. The van der Waals surface area contributed by atoms with Gasteiger partial charge in [-0.3, -0.25) is 4.79 Å². The zero-order chi connectivity index (χ0) is 23.6. The molecular weight excluding hydrogens is 426 g/mol. The van der Waals surface area contributed by atoms with Crippen molar-refractivity contribution >= 4 is 29.3 Å². The fraction of sp³-hybridized carbons (Fsp3) is 0.458. The Hall–Kier alpha value is -2.35. The standard InChI is InChI=1S/C24H29N3O2S2/c1-8-27-12-16(21(30-13-25)22(27)31-14-26)19(28)11-15-9-17(23(2,3)4)20(29)18(10-15)24(5,6)7/h9-10,12,29H,8,11H2,1-7H3.